The molecule has 0 radical (unpaired) electrons. The van der Waals surface area contributed by atoms with Crippen LogP contribution in [-0.4, -0.2) is 70.1 Å². The highest BCUT2D eigenvalue weighted by Crippen LogP contribution is 2.16. The summed E-state index contributed by atoms with van der Waals surface area (Å²) in [7, 11) is 0. The van der Waals surface area contributed by atoms with Crippen LogP contribution in [0.4, 0.5) is 0 Å². The van der Waals surface area contributed by atoms with Gasteiger partial charge in [0.2, 0.25) is 0 Å². The Hall–Kier alpha value is -3.21. The molecule has 0 saturated heterocycles. The van der Waals surface area contributed by atoms with E-state index in [-0.39, 0.29) is 37.9 Å². The minimum absolute atomic E-state index is 0.0494. The maximum atomic E-state index is 11.2. The number of ether oxygens (including phenoxy) is 5. The number of aliphatic hydroxyl groups is 1. The molecule has 0 amide bonds. The predicted molar refractivity (Wildman–Crippen MR) is 99.5 cm³/mol. The smallest absolute Gasteiger partial charge is 0.330 e. The van der Waals surface area contributed by atoms with Crippen LogP contribution < -0.4 is 14.2 Å². The van der Waals surface area contributed by atoms with Crippen LogP contribution in [0.5, 0.6) is 18.0 Å². The lowest BCUT2D eigenvalue weighted by Crippen LogP contribution is -2.23. The van der Waals surface area contributed by atoms with E-state index in [4.69, 9.17) is 23.7 Å². The van der Waals surface area contributed by atoms with Gasteiger partial charge in [0.15, 0.2) is 0 Å². The van der Waals surface area contributed by atoms with Crippen LogP contribution in [0.1, 0.15) is 20.8 Å². The van der Waals surface area contributed by atoms with Crippen molar-refractivity contribution in [2.24, 2.45) is 0 Å². The number of aromatic nitrogens is 3. The first-order valence-corrected chi connectivity index (χ1v) is 8.72. The normalized spacial score (nSPS) is 13.4. The van der Waals surface area contributed by atoms with E-state index in [0.29, 0.717) is 0 Å². The highest BCUT2D eigenvalue weighted by Gasteiger charge is 2.15. The van der Waals surface area contributed by atoms with Gasteiger partial charge in [0.05, 0.1) is 6.10 Å². The fraction of sp³-hybridized carbons (Fsp3) is 0.500. The van der Waals surface area contributed by atoms with E-state index in [1.54, 1.807) is 13.8 Å². The molecule has 11 heteroatoms. The molecule has 0 aliphatic rings. The number of hydrogen-bond donors (Lipinski definition) is 1. The summed E-state index contributed by atoms with van der Waals surface area (Å²) >= 11 is 0. The van der Waals surface area contributed by atoms with Crippen molar-refractivity contribution in [3.8, 4) is 18.0 Å². The monoisotopic (exact) mass is 411 g/mol. The molecule has 0 aromatic carbocycles. The highest BCUT2D eigenvalue weighted by atomic mass is 16.6. The van der Waals surface area contributed by atoms with Crippen molar-refractivity contribution >= 4 is 11.9 Å². The van der Waals surface area contributed by atoms with E-state index in [0.717, 1.165) is 12.2 Å². The predicted octanol–water partition coefficient (Wildman–Crippen LogP) is 0.624. The van der Waals surface area contributed by atoms with Gasteiger partial charge in [0.25, 0.3) is 0 Å². The Morgan fingerprint density at radius 1 is 0.828 bits per heavy atom. The number of carbonyl (C=O) groups is 2. The molecule has 0 saturated carbocycles. The molecule has 160 valence electrons. The van der Waals surface area contributed by atoms with Crippen LogP contribution in [0, 0.1) is 0 Å². The molecular weight excluding hydrogens is 386 g/mol. The van der Waals surface area contributed by atoms with E-state index in [2.05, 4.69) is 28.1 Å². The number of rotatable bonds is 13. The molecule has 11 nitrogen and oxygen atoms in total. The average molecular weight is 411 g/mol. The summed E-state index contributed by atoms with van der Waals surface area (Å²) in [6.45, 7) is 11.2. The summed E-state index contributed by atoms with van der Waals surface area (Å²) in [6, 6.07) is -0.432. The fourth-order valence-electron chi connectivity index (χ4n) is 1.65. The van der Waals surface area contributed by atoms with Crippen molar-refractivity contribution in [1.29, 1.82) is 0 Å². The van der Waals surface area contributed by atoms with Crippen LogP contribution >= 0.6 is 0 Å². The van der Waals surface area contributed by atoms with Crippen molar-refractivity contribution < 1.29 is 38.4 Å². The second-order valence-electron chi connectivity index (χ2n) is 5.87. The number of nitrogens with zero attached hydrogens (tertiary/aromatic N) is 3. The first-order valence-electron chi connectivity index (χ1n) is 8.72. The summed E-state index contributed by atoms with van der Waals surface area (Å²) in [6.07, 6.45) is 0.127. The van der Waals surface area contributed by atoms with E-state index in [1.165, 1.54) is 6.92 Å². The third kappa shape index (κ3) is 10.1. The molecule has 1 N–H and O–H groups in total. The Labute approximate surface area is 168 Å². The first-order chi connectivity index (χ1) is 13.7. The van der Waals surface area contributed by atoms with Crippen molar-refractivity contribution in [2.75, 3.05) is 19.8 Å². The molecule has 1 aromatic rings. The summed E-state index contributed by atoms with van der Waals surface area (Å²) in [5.41, 5.74) is 0. The summed E-state index contributed by atoms with van der Waals surface area (Å²) < 4.78 is 26.0. The van der Waals surface area contributed by atoms with Gasteiger partial charge in [-0.25, -0.2) is 9.59 Å². The number of esters is 2. The van der Waals surface area contributed by atoms with Crippen LogP contribution in [-0.2, 0) is 19.1 Å². The molecule has 3 atom stereocenters. The molecule has 29 heavy (non-hydrogen) atoms. The Bertz CT molecular complexity index is 660. The summed E-state index contributed by atoms with van der Waals surface area (Å²) in [5, 5.41) is 9.35. The second-order valence-corrected chi connectivity index (χ2v) is 5.87. The number of hydrogen-bond acceptors (Lipinski definition) is 11. The van der Waals surface area contributed by atoms with Gasteiger partial charge in [-0.15, -0.1) is 15.0 Å². The van der Waals surface area contributed by atoms with Crippen molar-refractivity contribution in [1.82, 2.24) is 15.0 Å². The molecule has 1 rings (SSSR count). The van der Waals surface area contributed by atoms with Crippen LogP contribution in [0.2, 0.25) is 0 Å². The van der Waals surface area contributed by atoms with Gasteiger partial charge in [-0.1, -0.05) is 13.2 Å². The average Bonchev–Trinajstić information content (AvgIpc) is 2.68. The third-order valence-corrected chi connectivity index (χ3v) is 2.89. The lowest BCUT2D eigenvalue weighted by molar-refractivity contribution is -0.144. The number of aliphatic hydroxyl groups excluding tert-OH is 1. The molecule has 0 bridgehead atoms. The van der Waals surface area contributed by atoms with Gasteiger partial charge in [-0.3, -0.25) is 0 Å². The van der Waals surface area contributed by atoms with Crippen LogP contribution in [0.25, 0.3) is 0 Å². The Morgan fingerprint density at radius 2 is 1.17 bits per heavy atom. The highest BCUT2D eigenvalue weighted by molar-refractivity contribution is 5.81. The van der Waals surface area contributed by atoms with Gasteiger partial charge < -0.3 is 28.8 Å². The Kier molecular flexibility index (Phi) is 10.1. The summed E-state index contributed by atoms with van der Waals surface area (Å²) in [5.74, 6) is -1.19. The Balaban J connectivity index is 2.80. The fourth-order valence-corrected chi connectivity index (χ4v) is 1.65. The maximum absolute atomic E-state index is 11.2. The zero-order chi connectivity index (χ0) is 21.8. The summed E-state index contributed by atoms with van der Waals surface area (Å²) in [4.78, 5) is 34.3. The topological polar surface area (TPSA) is 139 Å². The molecule has 0 aliphatic carbocycles. The van der Waals surface area contributed by atoms with Gasteiger partial charge in [0, 0.05) is 12.2 Å². The Morgan fingerprint density at radius 3 is 1.48 bits per heavy atom. The minimum Gasteiger partial charge on any atom is -0.460 e. The largest absolute Gasteiger partial charge is 0.460 e. The van der Waals surface area contributed by atoms with Gasteiger partial charge in [0.1, 0.15) is 32.0 Å². The van der Waals surface area contributed by atoms with E-state index in [9.17, 15) is 14.7 Å². The standard InChI is InChI=1S/C18H25N3O8/c1-6-14(23)28-12(4)9-26-17-19-16(25-8-11(3)22)20-18(21-17)27-10-13(5)29-15(24)7-2/h6-7,11-13,22H,1-2,8-10H2,3-5H3. The molecule has 1 heterocycles. The molecule has 0 spiro atoms. The van der Waals surface area contributed by atoms with Crippen molar-refractivity contribution in [3.05, 3.63) is 25.3 Å². The zero-order valence-corrected chi connectivity index (χ0v) is 16.6. The molecular formula is C18H25N3O8. The quantitative estimate of drug-likeness (QED) is 0.361. The lowest BCUT2D eigenvalue weighted by Gasteiger charge is -2.15. The van der Waals surface area contributed by atoms with E-state index in [1.807, 2.05) is 0 Å². The zero-order valence-electron chi connectivity index (χ0n) is 16.6. The molecule has 0 fully saturated rings. The molecule has 3 unspecified atom stereocenters. The van der Waals surface area contributed by atoms with Gasteiger partial charge in [-0.2, -0.15) is 0 Å². The van der Waals surface area contributed by atoms with Crippen molar-refractivity contribution in [3.63, 3.8) is 0 Å². The van der Waals surface area contributed by atoms with Crippen LogP contribution in [0.3, 0.4) is 0 Å². The second kappa shape index (κ2) is 12.3. The van der Waals surface area contributed by atoms with Gasteiger partial charge in [-0.05, 0) is 20.8 Å². The lowest BCUT2D eigenvalue weighted by atomic mass is 10.4. The van der Waals surface area contributed by atoms with E-state index >= 15 is 0 Å². The third-order valence-electron chi connectivity index (χ3n) is 2.89. The van der Waals surface area contributed by atoms with Crippen molar-refractivity contribution in [2.45, 2.75) is 39.1 Å². The minimum atomic E-state index is -0.753. The molecule has 1 aromatic heterocycles. The SMILES string of the molecule is C=CC(=O)OC(C)COc1nc(OCC(C)O)nc(OCC(C)OC(=O)C=C)n1. The molecule has 0 aliphatic heterocycles. The van der Waals surface area contributed by atoms with E-state index < -0.39 is 30.3 Å². The maximum Gasteiger partial charge on any atom is 0.330 e. The number of carbonyl (C=O) groups excluding carboxylic acids is 2. The van der Waals surface area contributed by atoms with Gasteiger partial charge >= 0.3 is 30.0 Å². The first kappa shape index (κ1) is 23.8. The van der Waals surface area contributed by atoms with Crippen LogP contribution in [0.15, 0.2) is 25.3 Å².